The Kier molecular flexibility index (Phi) is 7.16. The van der Waals surface area contributed by atoms with Crippen LogP contribution in [0, 0.1) is 0 Å². The maximum atomic E-state index is 12.7. The number of rotatable bonds is 8. The molecule has 0 aliphatic carbocycles. The summed E-state index contributed by atoms with van der Waals surface area (Å²) in [7, 11) is 0.708. The fraction of sp³-hybridized carbons (Fsp3) is 0.294. The lowest BCUT2D eigenvalue weighted by molar-refractivity contribution is 0.398. The summed E-state index contributed by atoms with van der Waals surface area (Å²) in [5.74, 6) is 1.53. The summed E-state index contributed by atoms with van der Waals surface area (Å²) in [6.07, 6.45) is 0.420. The van der Waals surface area contributed by atoms with Crippen molar-refractivity contribution in [1.82, 2.24) is 4.72 Å². The van der Waals surface area contributed by atoms with Gasteiger partial charge in [0.1, 0.15) is 16.4 Å². The van der Waals surface area contributed by atoms with E-state index in [1.807, 2.05) is 6.07 Å². The van der Waals surface area contributed by atoms with Gasteiger partial charge in [-0.15, -0.1) is 0 Å². The fourth-order valence-corrected chi connectivity index (χ4v) is 4.82. The maximum Gasteiger partial charge on any atom is 0.244 e. The number of hydrogen-bond donors (Lipinski definition) is 1. The van der Waals surface area contributed by atoms with Crippen molar-refractivity contribution in [3.63, 3.8) is 0 Å². The SMILES string of the molecule is COc1ccc(OC)c(CCNS(=O)(=O)c2cc(Cl)cc(Br)c2OC)c1. The summed E-state index contributed by atoms with van der Waals surface area (Å²) in [5, 5.41) is 0.285. The summed E-state index contributed by atoms with van der Waals surface area (Å²) < 4.78 is 44.0. The van der Waals surface area contributed by atoms with Gasteiger partial charge in [-0.25, -0.2) is 13.1 Å². The molecule has 0 atom stereocenters. The maximum absolute atomic E-state index is 12.7. The zero-order valence-electron chi connectivity index (χ0n) is 14.5. The molecule has 0 radical (unpaired) electrons. The van der Waals surface area contributed by atoms with Crippen LogP contribution in [0.15, 0.2) is 39.7 Å². The number of nitrogens with one attached hydrogen (secondary N) is 1. The van der Waals surface area contributed by atoms with Crippen LogP contribution in [0.1, 0.15) is 5.56 Å². The number of methoxy groups -OCH3 is 3. The Labute approximate surface area is 166 Å². The standard InChI is InChI=1S/C17H19BrClNO5S/c1-23-13-4-5-15(24-2)11(8-13)6-7-20-26(21,22)16-10-12(19)9-14(18)17(16)25-3/h4-5,8-10,20H,6-7H2,1-3H3. The van der Waals surface area contributed by atoms with E-state index in [0.717, 1.165) is 5.56 Å². The number of benzene rings is 2. The molecular weight excluding hydrogens is 446 g/mol. The van der Waals surface area contributed by atoms with Crippen molar-refractivity contribution in [2.75, 3.05) is 27.9 Å². The first kappa shape index (κ1) is 20.8. The van der Waals surface area contributed by atoms with Gasteiger partial charge in [0, 0.05) is 11.6 Å². The summed E-state index contributed by atoms with van der Waals surface area (Å²) in [4.78, 5) is -0.0306. The van der Waals surface area contributed by atoms with Gasteiger partial charge in [0.05, 0.1) is 25.8 Å². The molecular formula is C17H19BrClNO5S. The second-order valence-corrected chi connectivity index (χ2v) is 8.27. The zero-order chi connectivity index (χ0) is 19.3. The number of halogens is 2. The van der Waals surface area contributed by atoms with Gasteiger partial charge < -0.3 is 14.2 Å². The van der Waals surface area contributed by atoms with Crippen molar-refractivity contribution >= 4 is 37.6 Å². The lowest BCUT2D eigenvalue weighted by Gasteiger charge is -2.14. The van der Waals surface area contributed by atoms with E-state index in [2.05, 4.69) is 20.7 Å². The summed E-state index contributed by atoms with van der Waals surface area (Å²) >= 11 is 9.24. The first-order valence-corrected chi connectivity index (χ1v) is 10.2. The van der Waals surface area contributed by atoms with Gasteiger partial charge >= 0.3 is 0 Å². The van der Waals surface area contributed by atoms with E-state index < -0.39 is 10.0 Å². The highest BCUT2D eigenvalue weighted by atomic mass is 79.9. The molecule has 0 saturated carbocycles. The van der Waals surface area contributed by atoms with E-state index in [0.29, 0.717) is 22.4 Å². The highest BCUT2D eigenvalue weighted by Crippen LogP contribution is 2.35. The van der Waals surface area contributed by atoms with E-state index in [-0.39, 0.29) is 22.2 Å². The van der Waals surface area contributed by atoms with Crippen LogP contribution >= 0.6 is 27.5 Å². The smallest absolute Gasteiger partial charge is 0.244 e. The summed E-state index contributed by atoms with van der Waals surface area (Å²) in [6.45, 7) is 0.166. The van der Waals surface area contributed by atoms with E-state index in [9.17, 15) is 8.42 Å². The molecule has 0 bridgehead atoms. The average Bonchev–Trinajstić information content (AvgIpc) is 2.60. The third-order valence-electron chi connectivity index (χ3n) is 3.64. The highest BCUT2D eigenvalue weighted by molar-refractivity contribution is 9.10. The molecule has 142 valence electrons. The first-order valence-electron chi connectivity index (χ1n) is 7.56. The number of ether oxygens (including phenoxy) is 3. The fourth-order valence-electron chi connectivity index (χ4n) is 2.41. The molecule has 1 N–H and O–H groups in total. The quantitative estimate of drug-likeness (QED) is 0.645. The zero-order valence-corrected chi connectivity index (χ0v) is 17.7. The molecule has 0 fully saturated rings. The minimum atomic E-state index is -3.81. The summed E-state index contributed by atoms with van der Waals surface area (Å²) in [6, 6.07) is 8.28. The van der Waals surface area contributed by atoms with Crippen LogP contribution in [-0.2, 0) is 16.4 Å². The van der Waals surface area contributed by atoms with Crippen molar-refractivity contribution in [3.05, 3.63) is 45.4 Å². The summed E-state index contributed by atoms with van der Waals surface area (Å²) in [5.41, 5.74) is 0.828. The second-order valence-electron chi connectivity index (χ2n) is 5.24. The lowest BCUT2D eigenvalue weighted by atomic mass is 10.1. The van der Waals surface area contributed by atoms with Crippen molar-refractivity contribution in [2.24, 2.45) is 0 Å². The molecule has 6 nitrogen and oxygen atoms in total. The van der Waals surface area contributed by atoms with Crippen LogP contribution in [0.25, 0.3) is 0 Å². The molecule has 0 spiro atoms. The Hall–Kier alpha value is -1.48. The van der Waals surface area contributed by atoms with Crippen LogP contribution in [0.3, 0.4) is 0 Å². The molecule has 0 unspecified atom stereocenters. The molecule has 0 aliphatic heterocycles. The minimum absolute atomic E-state index is 0.0306. The Morgan fingerprint density at radius 1 is 1.08 bits per heavy atom. The predicted molar refractivity (Wildman–Crippen MR) is 104 cm³/mol. The molecule has 0 saturated heterocycles. The van der Waals surface area contributed by atoms with Crippen molar-refractivity contribution < 1.29 is 22.6 Å². The van der Waals surface area contributed by atoms with Crippen LogP contribution in [0.2, 0.25) is 5.02 Å². The molecule has 2 aromatic carbocycles. The van der Waals surface area contributed by atoms with Crippen molar-refractivity contribution in [1.29, 1.82) is 0 Å². The van der Waals surface area contributed by atoms with Gasteiger partial charge in [0.2, 0.25) is 10.0 Å². The lowest BCUT2D eigenvalue weighted by Crippen LogP contribution is -2.26. The van der Waals surface area contributed by atoms with Gasteiger partial charge in [-0.2, -0.15) is 0 Å². The first-order chi connectivity index (χ1) is 12.3. The van der Waals surface area contributed by atoms with Gasteiger partial charge in [0.15, 0.2) is 5.75 Å². The monoisotopic (exact) mass is 463 g/mol. The molecule has 2 aromatic rings. The van der Waals surface area contributed by atoms with Gasteiger partial charge in [0.25, 0.3) is 0 Å². The molecule has 0 aliphatic rings. The van der Waals surface area contributed by atoms with Crippen LogP contribution in [-0.4, -0.2) is 36.3 Å². The average molecular weight is 465 g/mol. The van der Waals surface area contributed by atoms with Crippen LogP contribution in [0.4, 0.5) is 0 Å². The molecule has 0 aromatic heterocycles. The van der Waals surface area contributed by atoms with Crippen LogP contribution in [0.5, 0.6) is 17.2 Å². The van der Waals surface area contributed by atoms with Crippen molar-refractivity contribution in [2.45, 2.75) is 11.3 Å². The van der Waals surface area contributed by atoms with Gasteiger partial charge in [-0.1, -0.05) is 11.6 Å². The van der Waals surface area contributed by atoms with Crippen molar-refractivity contribution in [3.8, 4) is 17.2 Å². The normalized spacial score (nSPS) is 11.3. The predicted octanol–water partition coefficient (Wildman–Crippen LogP) is 3.65. The molecule has 0 heterocycles. The van der Waals surface area contributed by atoms with Gasteiger partial charge in [-0.05, 0) is 58.2 Å². The Balaban J connectivity index is 2.20. The second kappa shape index (κ2) is 8.94. The van der Waals surface area contributed by atoms with E-state index >= 15 is 0 Å². The Morgan fingerprint density at radius 2 is 1.81 bits per heavy atom. The third-order valence-corrected chi connectivity index (χ3v) is 5.92. The third kappa shape index (κ3) is 4.82. The molecule has 0 amide bonds. The Bertz CT molecular complexity index is 889. The Morgan fingerprint density at radius 3 is 2.42 bits per heavy atom. The van der Waals surface area contributed by atoms with E-state index in [1.165, 1.54) is 13.2 Å². The van der Waals surface area contributed by atoms with Crippen LogP contribution < -0.4 is 18.9 Å². The largest absolute Gasteiger partial charge is 0.497 e. The molecule has 26 heavy (non-hydrogen) atoms. The minimum Gasteiger partial charge on any atom is -0.497 e. The topological polar surface area (TPSA) is 73.9 Å². The molecule has 2 rings (SSSR count). The number of sulfonamides is 1. The number of hydrogen-bond acceptors (Lipinski definition) is 5. The van der Waals surface area contributed by atoms with E-state index in [1.54, 1.807) is 32.4 Å². The highest BCUT2D eigenvalue weighted by Gasteiger charge is 2.22. The van der Waals surface area contributed by atoms with Gasteiger partial charge in [-0.3, -0.25) is 0 Å². The van der Waals surface area contributed by atoms with E-state index in [4.69, 9.17) is 25.8 Å². The molecule has 9 heteroatoms.